The molecule has 0 rings (SSSR count). The van der Waals surface area contributed by atoms with E-state index in [2.05, 4.69) is 25.8 Å². The van der Waals surface area contributed by atoms with Crippen molar-refractivity contribution in [3.8, 4) is 0 Å². The van der Waals surface area contributed by atoms with E-state index >= 15 is 0 Å². The summed E-state index contributed by atoms with van der Waals surface area (Å²) in [7, 11) is 2.15. The second-order valence-corrected chi connectivity index (χ2v) is 4.14. The Morgan fingerprint density at radius 2 is 2.00 bits per heavy atom. The molecule has 0 bridgehead atoms. The van der Waals surface area contributed by atoms with Crippen molar-refractivity contribution >= 4 is 5.84 Å². The Kier molecular flexibility index (Phi) is 6.59. The minimum absolute atomic E-state index is 0.312. The summed E-state index contributed by atoms with van der Waals surface area (Å²) >= 11 is 0. The van der Waals surface area contributed by atoms with Crippen molar-refractivity contribution in [1.82, 2.24) is 4.90 Å². The van der Waals surface area contributed by atoms with Crippen LogP contribution in [0, 0.1) is 11.3 Å². The van der Waals surface area contributed by atoms with Crippen molar-refractivity contribution in [3.05, 3.63) is 0 Å². The van der Waals surface area contributed by atoms with Gasteiger partial charge < -0.3 is 10.6 Å². The number of nitrogens with two attached hydrogens (primary N) is 1. The summed E-state index contributed by atoms with van der Waals surface area (Å²) in [5.74, 6) is 1.05. The van der Waals surface area contributed by atoms with Crippen molar-refractivity contribution < 1.29 is 0 Å². The number of hydrogen-bond donors (Lipinski definition) is 2. The van der Waals surface area contributed by atoms with Crippen LogP contribution >= 0.6 is 0 Å². The Bertz CT molecular complexity index is 143. The molecule has 0 fully saturated rings. The lowest BCUT2D eigenvalue weighted by Crippen LogP contribution is -2.24. The van der Waals surface area contributed by atoms with Gasteiger partial charge in [0.1, 0.15) is 0 Å². The highest BCUT2D eigenvalue weighted by Gasteiger charge is 2.00. The summed E-state index contributed by atoms with van der Waals surface area (Å²) in [4.78, 5) is 2.34. The predicted molar refractivity (Wildman–Crippen MR) is 58.1 cm³/mol. The van der Waals surface area contributed by atoms with Gasteiger partial charge in [-0.05, 0) is 32.4 Å². The molecule has 78 valence electrons. The van der Waals surface area contributed by atoms with Gasteiger partial charge in [-0.2, -0.15) is 0 Å². The van der Waals surface area contributed by atoms with Crippen LogP contribution in [0.5, 0.6) is 0 Å². The number of rotatable bonds is 7. The van der Waals surface area contributed by atoms with Crippen LogP contribution in [0.1, 0.15) is 33.1 Å². The SMILES string of the molecule is CC(C)CN(C)CCCCC(=N)N. The van der Waals surface area contributed by atoms with Crippen LogP contribution in [0.15, 0.2) is 0 Å². The molecule has 0 aromatic heterocycles. The number of hydrogen-bond acceptors (Lipinski definition) is 2. The van der Waals surface area contributed by atoms with E-state index in [0.29, 0.717) is 5.84 Å². The summed E-state index contributed by atoms with van der Waals surface area (Å²) in [5.41, 5.74) is 5.26. The molecule has 0 aliphatic carbocycles. The first-order valence-electron chi connectivity index (χ1n) is 5.03. The minimum Gasteiger partial charge on any atom is -0.388 e. The van der Waals surface area contributed by atoms with E-state index in [0.717, 1.165) is 38.3 Å². The quantitative estimate of drug-likeness (QED) is 0.360. The average molecular weight is 185 g/mol. The van der Waals surface area contributed by atoms with E-state index in [1.165, 1.54) is 0 Å². The average Bonchev–Trinajstić information content (AvgIpc) is 1.96. The van der Waals surface area contributed by atoms with E-state index in [9.17, 15) is 0 Å². The number of nitrogens with zero attached hydrogens (tertiary/aromatic N) is 1. The van der Waals surface area contributed by atoms with Crippen molar-refractivity contribution in [1.29, 1.82) is 5.41 Å². The van der Waals surface area contributed by atoms with E-state index in [1.54, 1.807) is 0 Å². The van der Waals surface area contributed by atoms with Crippen molar-refractivity contribution in [3.63, 3.8) is 0 Å². The fourth-order valence-corrected chi connectivity index (χ4v) is 1.41. The predicted octanol–water partition coefficient (Wildman–Crippen LogP) is 1.68. The highest BCUT2D eigenvalue weighted by molar-refractivity contribution is 5.76. The fourth-order valence-electron chi connectivity index (χ4n) is 1.41. The van der Waals surface area contributed by atoms with Crippen LogP contribution in [0.4, 0.5) is 0 Å². The van der Waals surface area contributed by atoms with Crippen molar-refractivity contribution in [2.75, 3.05) is 20.1 Å². The van der Waals surface area contributed by atoms with E-state index in [-0.39, 0.29) is 0 Å². The molecule has 0 saturated carbocycles. The molecule has 0 heterocycles. The highest BCUT2D eigenvalue weighted by Crippen LogP contribution is 2.00. The van der Waals surface area contributed by atoms with Gasteiger partial charge in [-0.25, -0.2) is 0 Å². The molecule has 0 atom stereocenters. The molecule has 3 heteroatoms. The van der Waals surface area contributed by atoms with E-state index in [1.807, 2.05) is 0 Å². The largest absolute Gasteiger partial charge is 0.388 e. The van der Waals surface area contributed by atoms with Gasteiger partial charge in [0.2, 0.25) is 0 Å². The van der Waals surface area contributed by atoms with Crippen LogP contribution in [0.3, 0.4) is 0 Å². The monoisotopic (exact) mass is 185 g/mol. The first-order chi connectivity index (χ1) is 6.02. The zero-order valence-corrected chi connectivity index (χ0v) is 9.14. The molecule has 0 amide bonds. The summed E-state index contributed by atoms with van der Waals surface area (Å²) in [6.07, 6.45) is 2.93. The molecule has 0 saturated heterocycles. The molecule has 13 heavy (non-hydrogen) atoms. The first kappa shape index (κ1) is 12.4. The Morgan fingerprint density at radius 1 is 1.38 bits per heavy atom. The fraction of sp³-hybridized carbons (Fsp3) is 0.900. The number of nitrogens with one attached hydrogen (secondary N) is 1. The topological polar surface area (TPSA) is 53.1 Å². The Labute approximate surface area is 81.8 Å². The third-order valence-electron chi connectivity index (χ3n) is 1.91. The minimum atomic E-state index is 0.312. The molecule has 0 spiro atoms. The maximum atomic E-state index is 7.06. The highest BCUT2D eigenvalue weighted by atomic mass is 15.1. The smallest absolute Gasteiger partial charge is 0.0905 e. The molecule has 0 aliphatic rings. The third-order valence-corrected chi connectivity index (χ3v) is 1.91. The van der Waals surface area contributed by atoms with Gasteiger partial charge in [-0.1, -0.05) is 13.8 Å². The first-order valence-corrected chi connectivity index (χ1v) is 5.03. The van der Waals surface area contributed by atoms with Crippen LogP contribution in [0.2, 0.25) is 0 Å². The summed E-state index contributed by atoms with van der Waals surface area (Å²) < 4.78 is 0. The summed E-state index contributed by atoms with van der Waals surface area (Å²) in [6.45, 7) is 6.73. The molecule has 0 radical (unpaired) electrons. The summed E-state index contributed by atoms with van der Waals surface area (Å²) in [5, 5.41) is 7.06. The van der Waals surface area contributed by atoms with Gasteiger partial charge in [-0.15, -0.1) is 0 Å². The van der Waals surface area contributed by atoms with E-state index < -0.39 is 0 Å². The lowest BCUT2D eigenvalue weighted by Gasteiger charge is -2.18. The molecular weight excluding hydrogens is 162 g/mol. The van der Waals surface area contributed by atoms with Crippen LogP contribution in [-0.4, -0.2) is 30.9 Å². The normalized spacial score (nSPS) is 11.2. The van der Waals surface area contributed by atoms with Crippen molar-refractivity contribution in [2.24, 2.45) is 11.7 Å². The van der Waals surface area contributed by atoms with E-state index in [4.69, 9.17) is 11.1 Å². The van der Waals surface area contributed by atoms with Gasteiger partial charge in [-0.3, -0.25) is 5.41 Å². The molecule has 0 aromatic rings. The van der Waals surface area contributed by atoms with Crippen LogP contribution < -0.4 is 5.73 Å². The van der Waals surface area contributed by atoms with Gasteiger partial charge in [0, 0.05) is 13.0 Å². The molecule has 0 unspecified atom stereocenters. The molecule has 3 N–H and O–H groups in total. The molecule has 0 aliphatic heterocycles. The van der Waals surface area contributed by atoms with Gasteiger partial charge in [0.15, 0.2) is 0 Å². The van der Waals surface area contributed by atoms with Crippen molar-refractivity contribution in [2.45, 2.75) is 33.1 Å². The lowest BCUT2D eigenvalue weighted by atomic mass is 10.2. The van der Waals surface area contributed by atoms with Crippen LogP contribution in [-0.2, 0) is 0 Å². The Balaban J connectivity index is 3.26. The number of unbranched alkanes of at least 4 members (excludes halogenated alkanes) is 1. The second-order valence-electron chi connectivity index (χ2n) is 4.14. The van der Waals surface area contributed by atoms with Gasteiger partial charge in [0.25, 0.3) is 0 Å². The zero-order chi connectivity index (χ0) is 10.3. The molecule has 0 aromatic carbocycles. The lowest BCUT2D eigenvalue weighted by molar-refractivity contribution is 0.290. The third kappa shape index (κ3) is 9.34. The maximum Gasteiger partial charge on any atom is 0.0905 e. The second kappa shape index (κ2) is 6.89. The number of amidine groups is 1. The summed E-state index contributed by atoms with van der Waals surface area (Å²) in [6, 6.07) is 0. The molecule has 3 nitrogen and oxygen atoms in total. The maximum absolute atomic E-state index is 7.06. The van der Waals surface area contributed by atoms with Crippen LogP contribution in [0.25, 0.3) is 0 Å². The Hall–Kier alpha value is -0.570. The van der Waals surface area contributed by atoms with Gasteiger partial charge >= 0.3 is 0 Å². The van der Waals surface area contributed by atoms with Gasteiger partial charge in [0.05, 0.1) is 5.84 Å². The zero-order valence-electron chi connectivity index (χ0n) is 9.14. The standard InChI is InChI=1S/C10H23N3/c1-9(2)8-13(3)7-5-4-6-10(11)12/h9H,4-8H2,1-3H3,(H3,11,12). The molecular formula is C10H23N3. The Morgan fingerprint density at radius 3 is 2.46 bits per heavy atom.